The zero-order chi connectivity index (χ0) is 16.2. The number of hydrogen-bond donors (Lipinski definition) is 2. The van der Waals surface area contributed by atoms with Crippen LogP contribution in [0.2, 0.25) is 0 Å². The third kappa shape index (κ3) is 4.18. The second-order valence-electron chi connectivity index (χ2n) is 6.22. The number of urea groups is 1. The van der Waals surface area contributed by atoms with Crippen molar-refractivity contribution in [2.75, 3.05) is 26.2 Å². The van der Waals surface area contributed by atoms with E-state index >= 15 is 0 Å². The summed E-state index contributed by atoms with van der Waals surface area (Å²) in [6.07, 6.45) is 2.99. The first-order valence-electron chi connectivity index (χ1n) is 8.37. The summed E-state index contributed by atoms with van der Waals surface area (Å²) in [6.45, 7) is 5.92. The van der Waals surface area contributed by atoms with Gasteiger partial charge < -0.3 is 20.3 Å². The van der Waals surface area contributed by atoms with E-state index in [1.165, 1.54) is 0 Å². The number of fused-ring (bicyclic) bond motifs is 1. The fraction of sp³-hybridized carbons (Fsp3) is 0.588. The molecule has 2 aliphatic heterocycles. The monoisotopic (exact) mass is 381 g/mol. The highest BCUT2D eigenvalue weighted by molar-refractivity contribution is 9.10. The topological polar surface area (TPSA) is 53.6 Å². The van der Waals surface area contributed by atoms with Crippen molar-refractivity contribution in [2.45, 2.75) is 38.3 Å². The van der Waals surface area contributed by atoms with E-state index in [1.807, 2.05) is 18.2 Å². The van der Waals surface area contributed by atoms with Crippen molar-refractivity contribution in [3.05, 3.63) is 28.2 Å². The number of hydrogen-bond acceptors (Lipinski definition) is 3. The Labute approximate surface area is 145 Å². The molecule has 1 fully saturated rings. The quantitative estimate of drug-likeness (QED) is 0.845. The summed E-state index contributed by atoms with van der Waals surface area (Å²) in [5, 5.41) is 6.24. The number of rotatable bonds is 3. The number of halogens is 1. The van der Waals surface area contributed by atoms with Crippen molar-refractivity contribution < 1.29 is 9.53 Å². The van der Waals surface area contributed by atoms with Gasteiger partial charge in [-0.15, -0.1) is 0 Å². The molecule has 126 valence electrons. The van der Waals surface area contributed by atoms with E-state index in [-0.39, 0.29) is 18.1 Å². The van der Waals surface area contributed by atoms with Gasteiger partial charge in [0.2, 0.25) is 0 Å². The highest BCUT2D eigenvalue weighted by Crippen LogP contribution is 2.34. The van der Waals surface area contributed by atoms with Crippen LogP contribution in [0.15, 0.2) is 22.7 Å². The number of likely N-dealkylation sites (N-methyl/N-ethyl adjacent to an activating group) is 1. The molecule has 0 bridgehead atoms. The lowest BCUT2D eigenvalue weighted by Gasteiger charge is -2.33. The minimum atomic E-state index is -0.0780. The van der Waals surface area contributed by atoms with Crippen molar-refractivity contribution in [3.8, 4) is 5.75 Å². The number of carbonyl (C=O) groups excluding carboxylic acids is 1. The highest BCUT2D eigenvalue weighted by Gasteiger charge is 2.25. The molecule has 1 saturated heterocycles. The second-order valence-corrected chi connectivity index (χ2v) is 7.14. The Morgan fingerprint density at radius 3 is 3.09 bits per heavy atom. The Balaban J connectivity index is 1.59. The van der Waals surface area contributed by atoms with Crippen LogP contribution in [-0.2, 0) is 0 Å². The lowest BCUT2D eigenvalue weighted by molar-refractivity contribution is 0.188. The molecule has 0 unspecified atom stereocenters. The van der Waals surface area contributed by atoms with Gasteiger partial charge >= 0.3 is 6.03 Å². The lowest BCUT2D eigenvalue weighted by atomic mass is 10.0. The van der Waals surface area contributed by atoms with Gasteiger partial charge in [0.1, 0.15) is 5.75 Å². The highest BCUT2D eigenvalue weighted by atomic mass is 79.9. The van der Waals surface area contributed by atoms with Crippen LogP contribution < -0.4 is 15.4 Å². The van der Waals surface area contributed by atoms with Gasteiger partial charge in [0.05, 0.1) is 12.6 Å². The third-order valence-corrected chi connectivity index (χ3v) is 5.10. The summed E-state index contributed by atoms with van der Waals surface area (Å²) in [7, 11) is 0. The molecule has 1 aromatic carbocycles. The van der Waals surface area contributed by atoms with Crippen LogP contribution >= 0.6 is 15.9 Å². The van der Waals surface area contributed by atoms with E-state index in [0.717, 1.165) is 54.7 Å². The zero-order valence-corrected chi connectivity index (χ0v) is 15.1. The predicted octanol–water partition coefficient (Wildman–Crippen LogP) is 3.06. The standard InChI is InChI=1S/C17H24BrN3O2/c1-2-21-8-3-4-13(11-21)19-17(22)20-15-7-9-23-16-6-5-12(18)10-14(15)16/h5-6,10,13,15H,2-4,7-9,11H2,1H3,(H2,19,20,22)/t13-,15-/m1/s1. The maximum absolute atomic E-state index is 12.4. The lowest BCUT2D eigenvalue weighted by Crippen LogP contribution is -2.51. The Bertz CT molecular complexity index is 567. The van der Waals surface area contributed by atoms with E-state index in [2.05, 4.69) is 38.4 Å². The first kappa shape index (κ1) is 16.6. The van der Waals surface area contributed by atoms with Crippen molar-refractivity contribution in [1.29, 1.82) is 0 Å². The fourth-order valence-electron chi connectivity index (χ4n) is 3.36. The predicted molar refractivity (Wildman–Crippen MR) is 93.8 cm³/mol. The largest absolute Gasteiger partial charge is 0.493 e. The van der Waals surface area contributed by atoms with Crippen molar-refractivity contribution in [3.63, 3.8) is 0 Å². The molecule has 2 aliphatic rings. The van der Waals surface area contributed by atoms with Crippen molar-refractivity contribution >= 4 is 22.0 Å². The smallest absolute Gasteiger partial charge is 0.315 e. The van der Waals surface area contributed by atoms with Crippen LogP contribution in [-0.4, -0.2) is 43.2 Å². The molecular weight excluding hydrogens is 358 g/mol. The van der Waals surface area contributed by atoms with Gasteiger partial charge in [0.15, 0.2) is 0 Å². The van der Waals surface area contributed by atoms with Crippen molar-refractivity contribution in [2.24, 2.45) is 0 Å². The fourth-order valence-corrected chi connectivity index (χ4v) is 3.74. The first-order valence-corrected chi connectivity index (χ1v) is 9.16. The third-order valence-electron chi connectivity index (χ3n) is 4.60. The molecule has 23 heavy (non-hydrogen) atoms. The van der Waals surface area contributed by atoms with Gasteiger partial charge in [0, 0.05) is 29.0 Å². The molecule has 5 nitrogen and oxygen atoms in total. The number of carbonyl (C=O) groups is 1. The summed E-state index contributed by atoms with van der Waals surface area (Å²) in [4.78, 5) is 14.8. The molecule has 0 aromatic heterocycles. The minimum absolute atomic E-state index is 0.00196. The Kier molecular flexibility index (Phi) is 5.43. The van der Waals surface area contributed by atoms with Gasteiger partial charge in [-0.2, -0.15) is 0 Å². The molecule has 0 radical (unpaired) electrons. The van der Waals surface area contributed by atoms with E-state index in [9.17, 15) is 4.79 Å². The Hall–Kier alpha value is -1.27. The molecule has 2 heterocycles. The van der Waals surface area contributed by atoms with Crippen LogP contribution in [0.4, 0.5) is 4.79 Å². The van der Waals surface area contributed by atoms with E-state index in [0.29, 0.717) is 6.61 Å². The van der Waals surface area contributed by atoms with Crippen LogP contribution in [0, 0.1) is 0 Å². The second kappa shape index (κ2) is 7.53. The first-order chi connectivity index (χ1) is 11.2. The number of ether oxygens (including phenoxy) is 1. The van der Waals surface area contributed by atoms with E-state index in [1.54, 1.807) is 0 Å². The van der Waals surface area contributed by atoms with E-state index < -0.39 is 0 Å². The molecular formula is C17H24BrN3O2. The van der Waals surface area contributed by atoms with Crippen molar-refractivity contribution in [1.82, 2.24) is 15.5 Å². The molecule has 2 N–H and O–H groups in total. The minimum Gasteiger partial charge on any atom is -0.493 e. The summed E-state index contributed by atoms with van der Waals surface area (Å²) in [5.41, 5.74) is 1.04. The SMILES string of the molecule is CCN1CCC[C@@H](NC(=O)N[C@@H]2CCOc3ccc(Br)cc32)C1. The van der Waals surface area contributed by atoms with Crippen LogP contribution in [0.3, 0.4) is 0 Å². The number of nitrogens with one attached hydrogen (secondary N) is 2. The van der Waals surface area contributed by atoms with E-state index in [4.69, 9.17) is 4.74 Å². The summed E-state index contributed by atoms with van der Waals surface area (Å²) in [6, 6.07) is 6.10. The molecule has 2 atom stereocenters. The normalized spacial score (nSPS) is 24.4. The zero-order valence-electron chi connectivity index (χ0n) is 13.5. The van der Waals surface area contributed by atoms with Gasteiger partial charge in [-0.25, -0.2) is 4.79 Å². The van der Waals surface area contributed by atoms with Gasteiger partial charge in [0.25, 0.3) is 0 Å². The summed E-state index contributed by atoms with van der Waals surface area (Å²) in [5.74, 6) is 0.861. The van der Waals surface area contributed by atoms with Gasteiger partial charge in [-0.1, -0.05) is 22.9 Å². The number of amides is 2. The number of piperidine rings is 1. The van der Waals surface area contributed by atoms with Gasteiger partial charge in [-0.3, -0.25) is 0 Å². The van der Waals surface area contributed by atoms with Crippen LogP contribution in [0.1, 0.15) is 37.8 Å². The molecule has 0 saturated carbocycles. The number of benzene rings is 1. The number of nitrogens with zero attached hydrogens (tertiary/aromatic N) is 1. The Morgan fingerprint density at radius 2 is 2.26 bits per heavy atom. The molecule has 0 aliphatic carbocycles. The molecule has 2 amide bonds. The van der Waals surface area contributed by atoms with Crippen LogP contribution in [0.5, 0.6) is 5.75 Å². The molecule has 1 aromatic rings. The molecule has 3 rings (SSSR count). The summed E-state index contributed by atoms with van der Waals surface area (Å²) >= 11 is 3.49. The average molecular weight is 382 g/mol. The average Bonchev–Trinajstić information content (AvgIpc) is 2.55. The molecule has 6 heteroatoms. The summed E-state index contributed by atoms with van der Waals surface area (Å²) < 4.78 is 6.67. The van der Waals surface area contributed by atoms with Gasteiger partial charge in [-0.05, 0) is 44.1 Å². The number of likely N-dealkylation sites (tertiary alicyclic amines) is 1. The Morgan fingerprint density at radius 1 is 1.39 bits per heavy atom. The van der Waals surface area contributed by atoms with Crippen LogP contribution in [0.25, 0.3) is 0 Å². The molecule has 0 spiro atoms. The maximum Gasteiger partial charge on any atom is 0.315 e. The maximum atomic E-state index is 12.4.